The minimum Gasteiger partial charge on any atom is -0.377 e. The van der Waals surface area contributed by atoms with E-state index in [-0.39, 0.29) is 17.9 Å². The number of rotatable bonds is 4. The van der Waals surface area contributed by atoms with Crippen LogP contribution in [0.4, 0.5) is 0 Å². The SMILES string of the molecule is CC[C@@H]1OCCC[C@@H]1C(=O)N1CCN(Cc2cc(C)on2)CC1. The molecule has 0 saturated carbocycles. The molecule has 1 amide bonds. The van der Waals surface area contributed by atoms with Crippen molar-refractivity contribution in [2.45, 2.75) is 45.8 Å². The Kier molecular flexibility index (Phi) is 5.33. The molecular weight excluding hydrogens is 294 g/mol. The Morgan fingerprint density at radius 3 is 2.78 bits per heavy atom. The highest BCUT2D eigenvalue weighted by Crippen LogP contribution is 2.25. The Labute approximate surface area is 137 Å². The van der Waals surface area contributed by atoms with Gasteiger partial charge in [-0.15, -0.1) is 0 Å². The molecule has 0 aliphatic carbocycles. The molecule has 2 fully saturated rings. The van der Waals surface area contributed by atoms with E-state index in [9.17, 15) is 4.79 Å². The van der Waals surface area contributed by atoms with Gasteiger partial charge in [0.05, 0.1) is 17.7 Å². The Morgan fingerprint density at radius 2 is 2.13 bits per heavy atom. The lowest BCUT2D eigenvalue weighted by atomic mass is 9.91. The number of hydrogen-bond acceptors (Lipinski definition) is 5. The summed E-state index contributed by atoms with van der Waals surface area (Å²) in [6.07, 6.45) is 2.99. The molecule has 6 nitrogen and oxygen atoms in total. The second-order valence-electron chi connectivity index (χ2n) is 6.60. The van der Waals surface area contributed by atoms with Crippen molar-refractivity contribution in [2.75, 3.05) is 32.8 Å². The summed E-state index contributed by atoms with van der Waals surface area (Å²) < 4.78 is 10.9. The second kappa shape index (κ2) is 7.45. The molecule has 2 aliphatic heterocycles. The first-order valence-corrected chi connectivity index (χ1v) is 8.72. The summed E-state index contributed by atoms with van der Waals surface area (Å²) in [5.41, 5.74) is 0.967. The Hall–Kier alpha value is -1.40. The van der Waals surface area contributed by atoms with Crippen LogP contribution in [0.2, 0.25) is 0 Å². The minimum absolute atomic E-state index is 0.0542. The van der Waals surface area contributed by atoms with Gasteiger partial charge in [0, 0.05) is 45.4 Å². The van der Waals surface area contributed by atoms with Crippen LogP contribution in [0.15, 0.2) is 10.6 Å². The zero-order valence-corrected chi connectivity index (χ0v) is 14.2. The van der Waals surface area contributed by atoms with Gasteiger partial charge < -0.3 is 14.2 Å². The summed E-state index contributed by atoms with van der Waals surface area (Å²) in [6.45, 7) is 8.98. The molecule has 1 aromatic rings. The third-order valence-electron chi connectivity index (χ3n) is 4.91. The van der Waals surface area contributed by atoms with E-state index in [0.717, 1.165) is 70.0 Å². The number of nitrogens with zero attached hydrogens (tertiary/aromatic N) is 3. The van der Waals surface area contributed by atoms with E-state index < -0.39 is 0 Å². The van der Waals surface area contributed by atoms with Crippen LogP contribution in [0.25, 0.3) is 0 Å². The predicted octanol–water partition coefficient (Wildman–Crippen LogP) is 1.83. The third kappa shape index (κ3) is 3.93. The summed E-state index contributed by atoms with van der Waals surface area (Å²) >= 11 is 0. The van der Waals surface area contributed by atoms with Crippen molar-refractivity contribution in [3.63, 3.8) is 0 Å². The van der Waals surface area contributed by atoms with Gasteiger partial charge >= 0.3 is 0 Å². The van der Waals surface area contributed by atoms with Gasteiger partial charge in [-0.3, -0.25) is 9.69 Å². The topological polar surface area (TPSA) is 58.8 Å². The van der Waals surface area contributed by atoms with Gasteiger partial charge in [-0.2, -0.15) is 0 Å². The summed E-state index contributed by atoms with van der Waals surface area (Å²) in [4.78, 5) is 17.1. The van der Waals surface area contributed by atoms with Gasteiger partial charge in [0.1, 0.15) is 5.76 Å². The molecule has 2 saturated heterocycles. The van der Waals surface area contributed by atoms with Crippen molar-refractivity contribution in [2.24, 2.45) is 5.92 Å². The van der Waals surface area contributed by atoms with Crippen molar-refractivity contribution in [3.05, 3.63) is 17.5 Å². The zero-order valence-electron chi connectivity index (χ0n) is 14.2. The smallest absolute Gasteiger partial charge is 0.228 e. The van der Waals surface area contributed by atoms with Crippen LogP contribution in [0.1, 0.15) is 37.6 Å². The zero-order chi connectivity index (χ0) is 16.2. The minimum atomic E-state index is 0.0542. The lowest BCUT2D eigenvalue weighted by Crippen LogP contribution is -2.52. The summed E-state index contributed by atoms with van der Waals surface area (Å²) in [5, 5.41) is 4.04. The Bertz CT molecular complexity index is 523. The molecule has 128 valence electrons. The Morgan fingerprint density at radius 1 is 1.35 bits per heavy atom. The van der Waals surface area contributed by atoms with E-state index in [1.807, 2.05) is 17.9 Å². The van der Waals surface area contributed by atoms with Crippen LogP contribution in [0.3, 0.4) is 0 Å². The van der Waals surface area contributed by atoms with E-state index in [1.54, 1.807) is 0 Å². The van der Waals surface area contributed by atoms with Crippen molar-refractivity contribution >= 4 is 5.91 Å². The van der Waals surface area contributed by atoms with Gasteiger partial charge in [-0.25, -0.2) is 0 Å². The van der Waals surface area contributed by atoms with Gasteiger partial charge in [-0.05, 0) is 26.2 Å². The number of carbonyl (C=O) groups excluding carboxylic acids is 1. The first-order valence-electron chi connectivity index (χ1n) is 8.72. The molecular formula is C17H27N3O3. The standard InChI is InChI=1S/C17H27N3O3/c1-3-16-15(5-4-10-22-16)17(21)20-8-6-19(7-9-20)12-14-11-13(2)23-18-14/h11,15-16H,3-10,12H2,1-2H3/t15-,16-/m0/s1. The van der Waals surface area contributed by atoms with Crippen LogP contribution in [-0.4, -0.2) is 59.8 Å². The quantitative estimate of drug-likeness (QED) is 0.847. The maximum absolute atomic E-state index is 12.8. The second-order valence-corrected chi connectivity index (χ2v) is 6.60. The number of aryl methyl sites for hydroxylation is 1. The molecule has 6 heteroatoms. The van der Waals surface area contributed by atoms with Crippen molar-refractivity contribution in [1.82, 2.24) is 15.0 Å². The van der Waals surface area contributed by atoms with E-state index in [2.05, 4.69) is 17.0 Å². The molecule has 0 aromatic carbocycles. The van der Waals surface area contributed by atoms with Gasteiger partial charge in [-0.1, -0.05) is 12.1 Å². The van der Waals surface area contributed by atoms with Crippen LogP contribution >= 0.6 is 0 Å². The van der Waals surface area contributed by atoms with E-state index in [1.165, 1.54) is 0 Å². The highest BCUT2D eigenvalue weighted by molar-refractivity contribution is 5.79. The lowest BCUT2D eigenvalue weighted by Gasteiger charge is -2.38. The fraction of sp³-hybridized carbons (Fsp3) is 0.765. The number of piperazine rings is 1. The summed E-state index contributed by atoms with van der Waals surface area (Å²) in [7, 11) is 0. The average molecular weight is 321 g/mol. The van der Waals surface area contributed by atoms with Gasteiger partial charge in [0.25, 0.3) is 0 Å². The van der Waals surface area contributed by atoms with Crippen LogP contribution in [0.5, 0.6) is 0 Å². The van der Waals surface area contributed by atoms with Crippen molar-refractivity contribution in [3.8, 4) is 0 Å². The monoisotopic (exact) mass is 321 g/mol. The predicted molar refractivity (Wildman–Crippen MR) is 85.9 cm³/mol. The van der Waals surface area contributed by atoms with E-state index in [0.29, 0.717) is 0 Å². The van der Waals surface area contributed by atoms with Crippen LogP contribution in [0, 0.1) is 12.8 Å². The third-order valence-corrected chi connectivity index (χ3v) is 4.91. The molecule has 0 N–H and O–H groups in total. The van der Waals surface area contributed by atoms with Crippen LogP contribution in [-0.2, 0) is 16.1 Å². The largest absolute Gasteiger partial charge is 0.377 e. The average Bonchev–Trinajstić information content (AvgIpc) is 3.00. The first-order chi connectivity index (χ1) is 11.2. The van der Waals surface area contributed by atoms with Crippen LogP contribution < -0.4 is 0 Å². The number of amides is 1. The maximum Gasteiger partial charge on any atom is 0.228 e. The van der Waals surface area contributed by atoms with Gasteiger partial charge in [0.15, 0.2) is 0 Å². The molecule has 23 heavy (non-hydrogen) atoms. The molecule has 2 atom stereocenters. The molecule has 0 unspecified atom stereocenters. The molecule has 2 aliphatic rings. The molecule has 0 spiro atoms. The lowest BCUT2D eigenvalue weighted by molar-refractivity contribution is -0.147. The number of hydrogen-bond donors (Lipinski definition) is 0. The van der Waals surface area contributed by atoms with Gasteiger partial charge in [0.2, 0.25) is 5.91 Å². The molecule has 0 bridgehead atoms. The number of aromatic nitrogens is 1. The fourth-order valence-corrected chi connectivity index (χ4v) is 3.61. The molecule has 3 heterocycles. The number of ether oxygens (including phenoxy) is 1. The van der Waals surface area contributed by atoms with Crippen molar-refractivity contribution < 1.29 is 14.1 Å². The fourth-order valence-electron chi connectivity index (χ4n) is 3.61. The first kappa shape index (κ1) is 16.5. The van der Waals surface area contributed by atoms with E-state index in [4.69, 9.17) is 9.26 Å². The number of carbonyl (C=O) groups is 1. The highest BCUT2D eigenvalue weighted by atomic mass is 16.5. The summed E-state index contributed by atoms with van der Waals surface area (Å²) in [6, 6.07) is 1.97. The molecule has 3 rings (SSSR count). The summed E-state index contributed by atoms with van der Waals surface area (Å²) in [5.74, 6) is 1.18. The molecule has 0 radical (unpaired) electrons. The van der Waals surface area contributed by atoms with Crippen molar-refractivity contribution in [1.29, 1.82) is 0 Å². The highest BCUT2D eigenvalue weighted by Gasteiger charge is 2.34. The maximum atomic E-state index is 12.8. The Balaban J connectivity index is 1.50. The van der Waals surface area contributed by atoms with E-state index >= 15 is 0 Å². The normalized spacial score (nSPS) is 26.4. The molecule has 1 aromatic heterocycles.